The molecule has 0 aliphatic carbocycles. The summed E-state index contributed by atoms with van der Waals surface area (Å²) in [4.78, 5) is 0.208. The van der Waals surface area contributed by atoms with Gasteiger partial charge < -0.3 is 4.74 Å². The van der Waals surface area contributed by atoms with Crippen molar-refractivity contribution in [3.05, 3.63) is 24.3 Å². The van der Waals surface area contributed by atoms with E-state index in [-0.39, 0.29) is 18.0 Å². The number of benzene rings is 1. The van der Waals surface area contributed by atoms with E-state index in [1.54, 1.807) is 12.1 Å². The third kappa shape index (κ3) is 4.45. The summed E-state index contributed by atoms with van der Waals surface area (Å²) in [5.74, 6) is 0.640. The standard InChI is InChI=1S/C15H23NO5S2/c1-3-12-21-13-4-6-15(7-5-13)23(19,20)16-10-8-14(9-11-16)22(2,17)18/h4-7,14H,3,8-12H2,1-2H3. The molecule has 0 N–H and O–H groups in total. The number of nitrogens with zero attached hydrogens (tertiary/aromatic N) is 1. The molecule has 0 unspecified atom stereocenters. The summed E-state index contributed by atoms with van der Waals surface area (Å²) < 4.78 is 55.1. The number of ether oxygens (including phenoxy) is 1. The van der Waals surface area contributed by atoms with E-state index in [2.05, 4.69) is 0 Å². The molecule has 1 aromatic rings. The van der Waals surface area contributed by atoms with Gasteiger partial charge in [0.1, 0.15) is 15.6 Å². The Balaban J connectivity index is 2.07. The van der Waals surface area contributed by atoms with Crippen LogP contribution in [0.5, 0.6) is 5.75 Å². The van der Waals surface area contributed by atoms with Gasteiger partial charge in [-0.05, 0) is 43.5 Å². The fourth-order valence-corrected chi connectivity index (χ4v) is 5.11. The normalized spacial score (nSPS) is 18.0. The predicted octanol–water partition coefficient (Wildman–Crippen LogP) is 1.67. The first-order chi connectivity index (χ1) is 10.7. The minimum absolute atomic E-state index is 0.208. The third-order valence-corrected chi connectivity index (χ3v) is 7.54. The number of sulfone groups is 1. The number of hydrogen-bond acceptors (Lipinski definition) is 5. The van der Waals surface area contributed by atoms with Crippen LogP contribution in [-0.2, 0) is 19.9 Å². The Kier molecular flexibility index (Phi) is 5.70. The zero-order chi connectivity index (χ0) is 17.1. The summed E-state index contributed by atoms with van der Waals surface area (Å²) in [6, 6.07) is 6.35. The van der Waals surface area contributed by atoms with Crippen molar-refractivity contribution in [1.29, 1.82) is 0 Å². The van der Waals surface area contributed by atoms with E-state index in [0.717, 1.165) is 6.42 Å². The molecule has 0 aromatic heterocycles. The summed E-state index contributed by atoms with van der Waals surface area (Å²) in [5, 5.41) is -0.446. The van der Waals surface area contributed by atoms with Gasteiger partial charge in [-0.25, -0.2) is 16.8 Å². The van der Waals surface area contributed by atoms with Crippen molar-refractivity contribution >= 4 is 19.9 Å². The largest absolute Gasteiger partial charge is 0.494 e. The lowest BCUT2D eigenvalue weighted by atomic mass is 10.2. The highest BCUT2D eigenvalue weighted by molar-refractivity contribution is 7.91. The van der Waals surface area contributed by atoms with E-state index in [0.29, 0.717) is 25.2 Å². The van der Waals surface area contributed by atoms with Crippen molar-refractivity contribution in [3.8, 4) is 5.75 Å². The van der Waals surface area contributed by atoms with Crippen LogP contribution >= 0.6 is 0 Å². The average molecular weight is 361 g/mol. The van der Waals surface area contributed by atoms with Gasteiger partial charge in [0.2, 0.25) is 10.0 Å². The molecule has 0 bridgehead atoms. The molecule has 23 heavy (non-hydrogen) atoms. The predicted molar refractivity (Wildman–Crippen MR) is 88.9 cm³/mol. The van der Waals surface area contributed by atoms with Crippen LogP contribution in [0.25, 0.3) is 0 Å². The molecule has 0 atom stereocenters. The summed E-state index contributed by atoms with van der Waals surface area (Å²) >= 11 is 0. The van der Waals surface area contributed by atoms with Crippen molar-refractivity contribution < 1.29 is 21.6 Å². The van der Waals surface area contributed by atoms with Gasteiger partial charge in [-0.15, -0.1) is 0 Å². The van der Waals surface area contributed by atoms with E-state index in [9.17, 15) is 16.8 Å². The topological polar surface area (TPSA) is 80.8 Å². The second-order valence-corrected chi connectivity index (χ2v) is 10.0. The van der Waals surface area contributed by atoms with Gasteiger partial charge in [-0.3, -0.25) is 0 Å². The Morgan fingerprint density at radius 2 is 1.65 bits per heavy atom. The molecule has 1 aromatic carbocycles. The summed E-state index contributed by atoms with van der Waals surface area (Å²) in [6.07, 6.45) is 2.78. The smallest absolute Gasteiger partial charge is 0.243 e. The van der Waals surface area contributed by atoms with Crippen molar-refractivity contribution in [1.82, 2.24) is 4.31 Å². The van der Waals surface area contributed by atoms with Crippen LogP contribution in [0.2, 0.25) is 0 Å². The Bertz CT molecular complexity index is 718. The average Bonchev–Trinajstić information content (AvgIpc) is 2.52. The van der Waals surface area contributed by atoms with Gasteiger partial charge in [-0.1, -0.05) is 6.92 Å². The van der Waals surface area contributed by atoms with Crippen molar-refractivity contribution in [3.63, 3.8) is 0 Å². The van der Waals surface area contributed by atoms with Crippen LogP contribution in [0.4, 0.5) is 0 Å². The quantitative estimate of drug-likeness (QED) is 0.770. The first-order valence-corrected chi connectivity index (χ1v) is 11.1. The number of sulfonamides is 1. The molecule has 1 aliphatic rings. The van der Waals surface area contributed by atoms with E-state index in [4.69, 9.17) is 4.74 Å². The molecule has 8 heteroatoms. The van der Waals surface area contributed by atoms with Gasteiger partial charge in [0.25, 0.3) is 0 Å². The van der Waals surface area contributed by atoms with Crippen LogP contribution in [0.15, 0.2) is 29.2 Å². The molecule has 0 saturated carbocycles. The SMILES string of the molecule is CCCOc1ccc(S(=O)(=O)N2CCC(S(C)(=O)=O)CC2)cc1. The molecule has 1 heterocycles. The zero-order valence-electron chi connectivity index (χ0n) is 13.4. The lowest BCUT2D eigenvalue weighted by Gasteiger charge is -2.30. The molecule has 1 fully saturated rings. The highest BCUT2D eigenvalue weighted by atomic mass is 32.2. The van der Waals surface area contributed by atoms with Crippen LogP contribution < -0.4 is 4.74 Å². The van der Waals surface area contributed by atoms with E-state index >= 15 is 0 Å². The van der Waals surface area contributed by atoms with Crippen LogP contribution in [0.1, 0.15) is 26.2 Å². The monoisotopic (exact) mass is 361 g/mol. The molecule has 130 valence electrons. The second-order valence-electron chi connectivity index (χ2n) is 5.75. The van der Waals surface area contributed by atoms with Crippen LogP contribution in [0, 0.1) is 0 Å². The highest BCUT2D eigenvalue weighted by Gasteiger charge is 2.32. The maximum absolute atomic E-state index is 12.6. The molecule has 2 rings (SSSR count). The van der Waals surface area contributed by atoms with Gasteiger partial charge >= 0.3 is 0 Å². The number of rotatable bonds is 6. The lowest BCUT2D eigenvalue weighted by molar-refractivity contribution is 0.317. The maximum atomic E-state index is 12.6. The van der Waals surface area contributed by atoms with Crippen molar-refractivity contribution in [2.24, 2.45) is 0 Å². The first kappa shape index (κ1) is 18.2. The number of piperidine rings is 1. The summed E-state index contributed by atoms with van der Waals surface area (Å²) in [6.45, 7) is 3.05. The Hall–Kier alpha value is -1.12. The minimum atomic E-state index is -3.59. The highest BCUT2D eigenvalue weighted by Crippen LogP contribution is 2.25. The van der Waals surface area contributed by atoms with E-state index in [1.165, 1.54) is 22.7 Å². The molecule has 0 amide bonds. The minimum Gasteiger partial charge on any atom is -0.494 e. The fraction of sp³-hybridized carbons (Fsp3) is 0.600. The molecule has 6 nitrogen and oxygen atoms in total. The molecular weight excluding hydrogens is 338 g/mol. The van der Waals surface area contributed by atoms with Gasteiger partial charge in [-0.2, -0.15) is 4.31 Å². The van der Waals surface area contributed by atoms with Crippen molar-refractivity contribution in [2.75, 3.05) is 26.0 Å². The van der Waals surface area contributed by atoms with E-state index in [1.807, 2.05) is 6.92 Å². The summed E-state index contributed by atoms with van der Waals surface area (Å²) in [5.41, 5.74) is 0. The number of hydrogen-bond donors (Lipinski definition) is 0. The molecule has 1 saturated heterocycles. The third-order valence-electron chi connectivity index (χ3n) is 3.94. The van der Waals surface area contributed by atoms with Gasteiger partial charge in [0, 0.05) is 19.3 Å². The second kappa shape index (κ2) is 7.19. The lowest BCUT2D eigenvalue weighted by Crippen LogP contribution is -2.42. The Morgan fingerprint density at radius 1 is 1.09 bits per heavy atom. The zero-order valence-corrected chi connectivity index (χ0v) is 15.1. The van der Waals surface area contributed by atoms with Crippen LogP contribution in [-0.4, -0.2) is 52.3 Å². The fourth-order valence-electron chi connectivity index (χ4n) is 2.58. The first-order valence-electron chi connectivity index (χ1n) is 7.67. The molecular formula is C15H23NO5S2. The van der Waals surface area contributed by atoms with Gasteiger partial charge in [0.05, 0.1) is 16.8 Å². The van der Waals surface area contributed by atoms with Crippen LogP contribution in [0.3, 0.4) is 0 Å². The Morgan fingerprint density at radius 3 is 2.13 bits per heavy atom. The summed E-state index contributed by atoms with van der Waals surface area (Å²) in [7, 11) is -6.70. The van der Waals surface area contributed by atoms with Crippen molar-refractivity contribution in [2.45, 2.75) is 36.3 Å². The van der Waals surface area contributed by atoms with E-state index < -0.39 is 25.1 Å². The van der Waals surface area contributed by atoms with Gasteiger partial charge in [0.15, 0.2) is 0 Å². The Labute approximate surface area is 138 Å². The maximum Gasteiger partial charge on any atom is 0.243 e. The molecule has 0 spiro atoms. The molecule has 0 radical (unpaired) electrons. The molecule has 1 aliphatic heterocycles.